The van der Waals surface area contributed by atoms with Gasteiger partial charge in [0.05, 0.1) is 11.4 Å². The van der Waals surface area contributed by atoms with Crippen molar-refractivity contribution in [2.75, 3.05) is 5.73 Å². The zero-order chi connectivity index (χ0) is 17.3. The number of rotatable bonds is 5. The van der Waals surface area contributed by atoms with Crippen molar-refractivity contribution in [3.63, 3.8) is 0 Å². The predicted molar refractivity (Wildman–Crippen MR) is 90.3 cm³/mol. The van der Waals surface area contributed by atoms with Crippen molar-refractivity contribution in [2.45, 2.75) is 33.7 Å². The van der Waals surface area contributed by atoms with Gasteiger partial charge in [-0.1, -0.05) is 13.8 Å². The van der Waals surface area contributed by atoms with Gasteiger partial charge in [0, 0.05) is 12.5 Å². The summed E-state index contributed by atoms with van der Waals surface area (Å²) in [6, 6.07) is 8.01. The zero-order valence-corrected chi connectivity index (χ0v) is 14.1. The molecule has 0 atom stereocenters. The molecule has 0 aliphatic rings. The second-order valence-corrected chi connectivity index (χ2v) is 6.30. The number of hydrogen-bond acceptors (Lipinski definition) is 4. The summed E-state index contributed by atoms with van der Waals surface area (Å²) in [6.45, 7) is 6.53. The van der Waals surface area contributed by atoms with E-state index < -0.39 is 0 Å². The van der Waals surface area contributed by atoms with E-state index in [9.17, 15) is 4.39 Å². The van der Waals surface area contributed by atoms with Crippen LogP contribution in [-0.2, 0) is 13.0 Å². The number of hydrogen-bond donors (Lipinski definition) is 1. The van der Waals surface area contributed by atoms with Gasteiger partial charge < -0.3 is 5.73 Å². The molecule has 0 aliphatic carbocycles. The van der Waals surface area contributed by atoms with Gasteiger partial charge in [-0.25, -0.2) is 18.7 Å². The van der Waals surface area contributed by atoms with Crippen LogP contribution in [0.4, 0.5) is 10.2 Å². The molecule has 0 saturated carbocycles. The van der Waals surface area contributed by atoms with Crippen molar-refractivity contribution in [1.82, 2.24) is 24.5 Å². The number of aromatic nitrogens is 5. The fraction of sp³-hybridized carbons (Fsp3) is 0.353. The average molecular weight is 328 g/mol. The molecule has 0 fully saturated rings. The maximum absolute atomic E-state index is 13.2. The second-order valence-electron chi connectivity index (χ2n) is 6.30. The number of benzene rings is 1. The van der Waals surface area contributed by atoms with E-state index in [0.29, 0.717) is 24.1 Å². The Hall–Kier alpha value is -2.70. The fourth-order valence-corrected chi connectivity index (χ4v) is 2.56. The molecule has 126 valence electrons. The number of nitrogen functional groups attached to an aromatic ring is 1. The topological polar surface area (TPSA) is 74.6 Å². The first-order valence-corrected chi connectivity index (χ1v) is 7.93. The van der Waals surface area contributed by atoms with E-state index >= 15 is 0 Å². The van der Waals surface area contributed by atoms with Crippen LogP contribution in [0.25, 0.3) is 5.69 Å². The Morgan fingerprint density at radius 2 is 1.88 bits per heavy atom. The maximum Gasteiger partial charge on any atom is 0.154 e. The minimum Gasteiger partial charge on any atom is -0.384 e. The lowest BCUT2D eigenvalue weighted by molar-refractivity contribution is 0.617. The molecule has 2 N–H and O–H groups in total. The van der Waals surface area contributed by atoms with E-state index in [1.165, 1.54) is 12.1 Å². The number of halogens is 1. The van der Waals surface area contributed by atoms with Crippen LogP contribution in [0.3, 0.4) is 0 Å². The molecule has 0 amide bonds. The van der Waals surface area contributed by atoms with Crippen molar-refractivity contribution in [3.8, 4) is 5.69 Å². The third-order valence-corrected chi connectivity index (χ3v) is 3.60. The first-order valence-electron chi connectivity index (χ1n) is 7.93. The van der Waals surface area contributed by atoms with Crippen molar-refractivity contribution in [1.29, 1.82) is 0 Å². The first kappa shape index (κ1) is 16.2. The van der Waals surface area contributed by atoms with Crippen molar-refractivity contribution in [2.24, 2.45) is 5.92 Å². The Kier molecular flexibility index (Phi) is 4.33. The summed E-state index contributed by atoms with van der Waals surface area (Å²) < 4.78 is 16.6. The monoisotopic (exact) mass is 328 g/mol. The quantitative estimate of drug-likeness (QED) is 0.781. The number of aryl methyl sites for hydroxylation is 1. The SMILES string of the molecule is Cc1cc(N)n(Cc2nc(CC(C)C)nn2-c2ccc(F)cc2)n1. The summed E-state index contributed by atoms with van der Waals surface area (Å²) in [5.41, 5.74) is 7.59. The summed E-state index contributed by atoms with van der Waals surface area (Å²) in [7, 11) is 0. The summed E-state index contributed by atoms with van der Waals surface area (Å²) in [4.78, 5) is 4.64. The minimum absolute atomic E-state index is 0.283. The molecule has 0 unspecified atom stereocenters. The standard InChI is InChI=1S/C17H21FN6/c1-11(2)8-16-20-17(10-23-15(19)9-12(3)21-23)24(22-16)14-6-4-13(18)5-7-14/h4-7,9,11H,8,10,19H2,1-3H3. The Labute approximate surface area is 140 Å². The molecule has 2 aromatic heterocycles. The summed E-state index contributed by atoms with van der Waals surface area (Å²) >= 11 is 0. The Balaban J connectivity index is 2.00. The maximum atomic E-state index is 13.2. The van der Waals surface area contributed by atoms with Crippen LogP contribution >= 0.6 is 0 Å². The van der Waals surface area contributed by atoms with Gasteiger partial charge in [-0.05, 0) is 37.1 Å². The van der Waals surface area contributed by atoms with Gasteiger partial charge in [0.2, 0.25) is 0 Å². The van der Waals surface area contributed by atoms with Crippen LogP contribution < -0.4 is 5.73 Å². The normalized spacial score (nSPS) is 11.4. The number of anilines is 1. The van der Waals surface area contributed by atoms with Gasteiger partial charge in [0.25, 0.3) is 0 Å². The molecular formula is C17H21FN6. The van der Waals surface area contributed by atoms with Crippen molar-refractivity contribution in [3.05, 3.63) is 53.5 Å². The molecule has 3 aromatic rings. The van der Waals surface area contributed by atoms with Crippen LogP contribution in [0.1, 0.15) is 31.2 Å². The third-order valence-electron chi connectivity index (χ3n) is 3.60. The molecule has 7 heteroatoms. The minimum atomic E-state index is -0.283. The lowest BCUT2D eigenvalue weighted by atomic mass is 10.1. The third kappa shape index (κ3) is 3.45. The molecule has 0 bridgehead atoms. The van der Waals surface area contributed by atoms with E-state index in [0.717, 1.165) is 23.6 Å². The molecule has 24 heavy (non-hydrogen) atoms. The van der Waals surface area contributed by atoms with E-state index in [4.69, 9.17) is 5.73 Å². The highest BCUT2D eigenvalue weighted by atomic mass is 19.1. The van der Waals surface area contributed by atoms with Crippen LogP contribution in [0.15, 0.2) is 30.3 Å². The van der Waals surface area contributed by atoms with Crippen LogP contribution in [-0.4, -0.2) is 24.5 Å². The Morgan fingerprint density at radius 3 is 2.46 bits per heavy atom. The summed E-state index contributed by atoms with van der Waals surface area (Å²) in [6.07, 6.45) is 0.773. The molecule has 0 radical (unpaired) electrons. The highest BCUT2D eigenvalue weighted by Crippen LogP contribution is 2.15. The van der Waals surface area contributed by atoms with Crippen LogP contribution in [0.2, 0.25) is 0 Å². The first-order chi connectivity index (χ1) is 11.4. The molecule has 1 aromatic carbocycles. The lowest BCUT2D eigenvalue weighted by Gasteiger charge is -2.07. The fourth-order valence-electron chi connectivity index (χ4n) is 2.56. The van der Waals surface area contributed by atoms with Crippen molar-refractivity contribution < 1.29 is 4.39 Å². The summed E-state index contributed by atoms with van der Waals surface area (Å²) in [5, 5.41) is 8.96. The van der Waals surface area contributed by atoms with Crippen LogP contribution in [0, 0.1) is 18.7 Å². The van der Waals surface area contributed by atoms with Gasteiger partial charge in [-0.2, -0.15) is 10.2 Å². The number of nitrogens with zero attached hydrogens (tertiary/aromatic N) is 5. The van der Waals surface area contributed by atoms with E-state index in [2.05, 4.69) is 29.0 Å². The lowest BCUT2D eigenvalue weighted by Crippen LogP contribution is -2.11. The van der Waals surface area contributed by atoms with E-state index in [1.807, 2.05) is 13.0 Å². The summed E-state index contributed by atoms with van der Waals surface area (Å²) in [5.74, 6) is 2.21. The van der Waals surface area contributed by atoms with Gasteiger partial charge >= 0.3 is 0 Å². The van der Waals surface area contributed by atoms with E-state index in [-0.39, 0.29) is 5.82 Å². The average Bonchev–Trinajstić information content (AvgIpc) is 3.03. The zero-order valence-electron chi connectivity index (χ0n) is 14.1. The van der Waals surface area contributed by atoms with Gasteiger partial charge in [-0.15, -0.1) is 0 Å². The molecule has 6 nitrogen and oxygen atoms in total. The molecule has 0 aliphatic heterocycles. The Morgan fingerprint density at radius 1 is 1.17 bits per heavy atom. The van der Waals surface area contributed by atoms with Gasteiger partial charge in [0.1, 0.15) is 18.2 Å². The van der Waals surface area contributed by atoms with Gasteiger partial charge in [0.15, 0.2) is 11.6 Å². The largest absolute Gasteiger partial charge is 0.384 e. The highest BCUT2D eigenvalue weighted by molar-refractivity contribution is 5.33. The van der Waals surface area contributed by atoms with Crippen molar-refractivity contribution >= 4 is 5.82 Å². The molecule has 3 rings (SSSR count). The molecule has 0 spiro atoms. The van der Waals surface area contributed by atoms with Crippen LogP contribution in [0.5, 0.6) is 0 Å². The molecule has 2 heterocycles. The smallest absolute Gasteiger partial charge is 0.154 e. The highest BCUT2D eigenvalue weighted by Gasteiger charge is 2.15. The van der Waals surface area contributed by atoms with E-state index in [1.54, 1.807) is 21.5 Å². The predicted octanol–water partition coefficient (Wildman–Crippen LogP) is 2.74. The Bertz CT molecular complexity index is 831. The molecule has 0 saturated heterocycles. The second kappa shape index (κ2) is 6.43. The van der Waals surface area contributed by atoms with Gasteiger partial charge in [-0.3, -0.25) is 0 Å². The number of nitrogens with two attached hydrogens (primary N) is 1. The molecular weight excluding hydrogens is 307 g/mol.